The summed E-state index contributed by atoms with van der Waals surface area (Å²) in [5, 5.41) is 1.02. The van der Waals surface area contributed by atoms with Gasteiger partial charge in [-0.1, -0.05) is 37.3 Å². The number of hydrogen-bond acceptors (Lipinski definition) is 2. The van der Waals surface area contributed by atoms with Crippen molar-refractivity contribution in [1.82, 2.24) is 4.57 Å². The first-order valence-electron chi connectivity index (χ1n) is 7.03. The minimum atomic E-state index is 0.100. The molecule has 0 N–H and O–H groups in total. The molecule has 0 aliphatic rings. The van der Waals surface area contributed by atoms with Gasteiger partial charge in [-0.25, -0.2) is 0 Å². The van der Waals surface area contributed by atoms with Crippen molar-refractivity contribution >= 4 is 28.4 Å². The van der Waals surface area contributed by atoms with Gasteiger partial charge >= 0.3 is 0 Å². The Kier molecular flexibility index (Phi) is 3.84. The lowest BCUT2D eigenvalue weighted by Gasteiger charge is -2.06. The summed E-state index contributed by atoms with van der Waals surface area (Å²) in [6, 6.07) is 15.9. The molecule has 2 nitrogen and oxygen atoms in total. The van der Waals surface area contributed by atoms with E-state index in [1.54, 1.807) is 11.8 Å². The van der Waals surface area contributed by atoms with Gasteiger partial charge in [0.2, 0.25) is 0 Å². The third kappa shape index (κ3) is 2.49. The fourth-order valence-corrected chi connectivity index (χ4v) is 3.41. The minimum absolute atomic E-state index is 0.100. The number of nitrogens with zero attached hydrogens (tertiary/aromatic N) is 1. The SMILES string of the molecule is CCSc1ccccc1C(=O)c1cn(C)c2ccccc12. The molecule has 1 aromatic heterocycles. The number of aryl methyl sites for hydroxylation is 1. The summed E-state index contributed by atoms with van der Waals surface area (Å²) in [7, 11) is 1.98. The van der Waals surface area contributed by atoms with Gasteiger partial charge in [0.25, 0.3) is 0 Å². The minimum Gasteiger partial charge on any atom is -0.350 e. The smallest absolute Gasteiger partial charge is 0.196 e. The molecule has 0 amide bonds. The second kappa shape index (κ2) is 5.78. The van der Waals surface area contributed by atoms with Gasteiger partial charge in [0.05, 0.1) is 0 Å². The maximum atomic E-state index is 12.9. The van der Waals surface area contributed by atoms with Crippen molar-refractivity contribution in [3.63, 3.8) is 0 Å². The van der Waals surface area contributed by atoms with Crippen molar-refractivity contribution in [2.24, 2.45) is 7.05 Å². The van der Waals surface area contributed by atoms with Crippen LogP contribution >= 0.6 is 11.8 Å². The Bertz CT molecular complexity index is 804. The average molecular weight is 295 g/mol. The molecular weight excluding hydrogens is 278 g/mol. The first kappa shape index (κ1) is 14.0. The van der Waals surface area contributed by atoms with Crippen LogP contribution in [0, 0.1) is 0 Å². The summed E-state index contributed by atoms with van der Waals surface area (Å²) < 4.78 is 2.01. The van der Waals surface area contributed by atoms with E-state index in [4.69, 9.17) is 0 Å². The molecule has 21 heavy (non-hydrogen) atoms. The molecule has 2 aromatic carbocycles. The van der Waals surface area contributed by atoms with E-state index in [2.05, 4.69) is 6.92 Å². The second-order valence-corrected chi connectivity index (χ2v) is 6.23. The summed E-state index contributed by atoms with van der Waals surface area (Å²) in [6.07, 6.45) is 1.93. The van der Waals surface area contributed by atoms with Gasteiger partial charge in [0.1, 0.15) is 0 Å². The van der Waals surface area contributed by atoms with Crippen LogP contribution in [0.3, 0.4) is 0 Å². The molecule has 106 valence electrons. The molecule has 1 heterocycles. The highest BCUT2D eigenvalue weighted by Gasteiger charge is 2.18. The van der Waals surface area contributed by atoms with Gasteiger partial charge in [-0.2, -0.15) is 0 Å². The lowest BCUT2D eigenvalue weighted by atomic mass is 10.0. The molecule has 0 bridgehead atoms. The number of carbonyl (C=O) groups is 1. The third-order valence-electron chi connectivity index (χ3n) is 3.57. The Morgan fingerprint density at radius 1 is 1.05 bits per heavy atom. The van der Waals surface area contributed by atoms with Gasteiger partial charge < -0.3 is 4.57 Å². The van der Waals surface area contributed by atoms with E-state index in [0.717, 1.165) is 32.7 Å². The molecule has 0 fully saturated rings. The number of ketones is 1. The molecule has 3 rings (SSSR count). The summed E-state index contributed by atoms with van der Waals surface area (Å²) in [5.41, 5.74) is 2.65. The van der Waals surface area contributed by atoms with E-state index in [1.165, 1.54) is 0 Å². The van der Waals surface area contributed by atoms with Gasteiger partial charge in [-0.15, -0.1) is 11.8 Å². The molecule has 0 saturated carbocycles. The summed E-state index contributed by atoms with van der Waals surface area (Å²) >= 11 is 1.71. The lowest BCUT2D eigenvalue weighted by Crippen LogP contribution is -2.02. The Morgan fingerprint density at radius 3 is 2.57 bits per heavy atom. The predicted octanol–water partition coefficient (Wildman–Crippen LogP) is 4.52. The molecule has 0 unspecified atom stereocenters. The zero-order valence-electron chi connectivity index (χ0n) is 12.2. The monoisotopic (exact) mass is 295 g/mol. The van der Waals surface area contributed by atoms with Crippen molar-refractivity contribution in [3.05, 3.63) is 65.9 Å². The van der Waals surface area contributed by atoms with Crippen LogP contribution in [0.2, 0.25) is 0 Å². The zero-order chi connectivity index (χ0) is 14.8. The highest BCUT2D eigenvalue weighted by atomic mass is 32.2. The number of rotatable bonds is 4. The Hall–Kier alpha value is -2.00. The van der Waals surface area contributed by atoms with Crippen LogP contribution in [0.1, 0.15) is 22.8 Å². The fraction of sp³-hybridized carbons (Fsp3) is 0.167. The highest BCUT2D eigenvalue weighted by Crippen LogP contribution is 2.28. The van der Waals surface area contributed by atoms with E-state index < -0.39 is 0 Å². The van der Waals surface area contributed by atoms with Gasteiger partial charge in [0, 0.05) is 40.2 Å². The number of benzene rings is 2. The Labute approximate surface area is 128 Å². The van der Waals surface area contributed by atoms with Gasteiger partial charge in [0.15, 0.2) is 5.78 Å². The summed E-state index contributed by atoms with van der Waals surface area (Å²) in [4.78, 5) is 14.0. The van der Waals surface area contributed by atoms with Crippen molar-refractivity contribution in [2.75, 3.05) is 5.75 Å². The number of hydrogen-bond donors (Lipinski definition) is 0. The zero-order valence-corrected chi connectivity index (χ0v) is 13.0. The maximum Gasteiger partial charge on any atom is 0.196 e. The van der Waals surface area contributed by atoms with Crippen LogP contribution in [-0.4, -0.2) is 16.1 Å². The number of thioether (sulfide) groups is 1. The second-order valence-electron chi connectivity index (χ2n) is 4.93. The molecule has 0 atom stereocenters. The van der Waals surface area contributed by atoms with Crippen molar-refractivity contribution in [1.29, 1.82) is 0 Å². The number of para-hydroxylation sites is 1. The van der Waals surface area contributed by atoms with E-state index >= 15 is 0 Å². The molecule has 0 radical (unpaired) electrons. The number of aromatic nitrogens is 1. The third-order valence-corrected chi connectivity index (χ3v) is 4.53. The Balaban J connectivity index is 2.13. The first-order valence-corrected chi connectivity index (χ1v) is 8.01. The Morgan fingerprint density at radius 2 is 1.76 bits per heavy atom. The normalized spacial score (nSPS) is 11.0. The molecular formula is C18H17NOS. The molecule has 0 aliphatic carbocycles. The van der Waals surface area contributed by atoms with Crippen molar-refractivity contribution in [2.45, 2.75) is 11.8 Å². The van der Waals surface area contributed by atoms with E-state index in [9.17, 15) is 4.79 Å². The molecule has 3 aromatic rings. The fourth-order valence-electron chi connectivity index (χ4n) is 2.60. The van der Waals surface area contributed by atoms with Crippen LogP contribution in [0.4, 0.5) is 0 Å². The molecule has 0 spiro atoms. The van der Waals surface area contributed by atoms with Crippen LogP contribution in [0.5, 0.6) is 0 Å². The average Bonchev–Trinajstić information content (AvgIpc) is 2.85. The predicted molar refractivity (Wildman–Crippen MR) is 89.2 cm³/mol. The van der Waals surface area contributed by atoms with Crippen LogP contribution in [-0.2, 0) is 7.05 Å². The molecule has 3 heteroatoms. The lowest BCUT2D eigenvalue weighted by molar-refractivity contribution is 0.103. The number of carbonyl (C=O) groups excluding carboxylic acids is 1. The van der Waals surface area contributed by atoms with Crippen LogP contribution in [0.15, 0.2) is 59.6 Å². The van der Waals surface area contributed by atoms with Crippen molar-refractivity contribution < 1.29 is 4.79 Å². The van der Waals surface area contributed by atoms with Gasteiger partial charge in [-0.3, -0.25) is 4.79 Å². The van der Waals surface area contributed by atoms with E-state index in [0.29, 0.717) is 0 Å². The summed E-state index contributed by atoms with van der Waals surface area (Å²) in [6.45, 7) is 2.10. The maximum absolute atomic E-state index is 12.9. The largest absolute Gasteiger partial charge is 0.350 e. The number of fused-ring (bicyclic) bond motifs is 1. The van der Waals surface area contributed by atoms with Crippen LogP contribution < -0.4 is 0 Å². The first-order chi connectivity index (χ1) is 10.2. The van der Waals surface area contributed by atoms with E-state index in [1.807, 2.05) is 66.3 Å². The highest BCUT2D eigenvalue weighted by molar-refractivity contribution is 7.99. The summed E-state index contributed by atoms with van der Waals surface area (Å²) in [5.74, 6) is 1.06. The van der Waals surface area contributed by atoms with E-state index in [-0.39, 0.29) is 5.78 Å². The topological polar surface area (TPSA) is 22.0 Å². The van der Waals surface area contributed by atoms with Gasteiger partial charge in [-0.05, 0) is 24.0 Å². The standard InChI is InChI=1S/C18H17NOS/c1-3-21-17-11-7-5-9-14(17)18(20)15-12-19(2)16-10-6-4-8-13(15)16/h4-12H,3H2,1-2H3. The van der Waals surface area contributed by atoms with Crippen molar-refractivity contribution in [3.8, 4) is 0 Å². The van der Waals surface area contributed by atoms with Crippen LogP contribution in [0.25, 0.3) is 10.9 Å². The quantitative estimate of drug-likeness (QED) is 0.521. The molecule has 0 saturated heterocycles. The molecule has 0 aliphatic heterocycles.